The Morgan fingerprint density at radius 2 is 2.25 bits per heavy atom. The molecule has 0 aliphatic rings. The van der Waals surface area contributed by atoms with Gasteiger partial charge in [0, 0.05) is 5.69 Å². The second-order valence-electron chi connectivity index (χ2n) is 3.30. The van der Waals surface area contributed by atoms with Crippen molar-refractivity contribution < 1.29 is 0 Å². The van der Waals surface area contributed by atoms with E-state index < -0.39 is 0 Å². The highest BCUT2D eigenvalue weighted by Gasteiger charge is 2.02. The Morgan fingerprint density at radius 3 is 2.67 bits per heavy atom. The van der Waals surface area contributed by atoms with Crippen LogP contribution in [-0.2, 0) is 0 Å². The molecule has 0 unspecified atom stereocenters. The van der Waals surface area contributed by atoms with E-state index in [1.54, 1.807) is 11.3 Å². The van der Waals surface area contributed by atoms with Crippen LogP contribution in [0.15, 0.2) is 17.5 Å². The predicted molar refractivity (Wildman–Crippen MR) is 57.2 cm³/mol. The van der Waals surface area contributed by atoms with Gasteiger partial charge in [0.25, 0.3) is 0 Å². The number of nitrogens with two attached hydrogens (primary N) is 1. The van der Waals surface area contributed by atoms with Crippen molar-refractivity contribution in [2.24, 2.45) is 5.92 Å². The van der Waals surface area contributed by atoms with Crippen LogP contribution in [0, 0.1) is 5.92 Å². The monoisotopic (exact) mass is 181 g/mol. The highest BCUT2D eigenvalue weighted by Crippen LogP contribution is 2.27. The minimum absolute atomic E-state index is 0.589. The highest BCUT2D eigenvalue weighted by atomic mass is 32.1. The van der Waals surface area contributed by atoms with Crippen LogP contribution in [0.4, 0.5) is 5.69 Å². The van der Waals surface area contributed by atoms with Gasteiger partial charge in [0.05, 0.1) is 4.88 Å². The molecule has 0 saturated heterocycles. The lowest BCUT2D eigenvalue weighted by atomic mass is 10.1. The van der Waals surface area contributed by atoms with E-state index in [0.717, 1.165) is 5.69 Å². The van der Waals surface area contributed by atoms with Crippen LogP contribution in [0.2, 0.25) is 0 Å². The minimum Gasteiger partial charge on any atom is -0.398 e. The van der Waals surface area contributed by atoms with Gasteiger partial charge in [-0.25, -0.2) is 0 Å². The summed E-state index contributed by atoms with van der Waals surface area (Å²) in [5.74, 6) is 0.589. The largest absolute Gasteiger partial charge is 0.398 e. The fourth-order valence-corrected chi connectivity index (χ4v) is 2.02. The number of anilines is 1. The highest BCUT2D eigenvalue weighted by molar-refractivity contribution is 7.11. The van der Waals surface area contributed by atoms with Gasteiger partial charge in [0.1, 0.15) is 0 Å². The lowest BCUT2D eigenvalue weighted by molar-refractivity contribution is 0.833. The molecule has 1 rings (SSSR count). The van der Waals surface area contributed by atoms with Crippen LogP contribution in [-0.4, -0.2) is 0 Å². The molecule has 0 aliphatic heterocycles. The summed E-state index contributed by atoms with van der Waals surface area (Å²) in [5.41, 5.74) is 7.97. The average molecular weight is 181 g/mol. The standard InChI is InChI=1S/C10H15NS/c1-7(2)6-8(3)10-9(11)4-5-12-10/h4-7H,11H2,1-3H3. The molecule has 0 spiro atoms. The van der Waals surface area contributed by atoms with Gasteiger partial charge in [-0.05, 0) is 29.9 Å². The number of thiophene rings is 1. The zero-order valence-corrected chi connectivity index (χ0v) is 8.61. The molecular weight excluding hydrogens is 166 g/mol. The van der Waals surface area contributed by atoms with Crippen LogP contribution >= 0.6 is 11.3 Å². The molecule has 1 nitrogen and oxygen atoms in total. The Kier molecular flexibility index (Phi) is 2.93. The molecule has 1 aromatic heterocycles. The topological polar surface area (TPSA) is 26.0 Å². The van der Waals surface area contributed by atoms with Gasteiger partial charge in [0.2, 0.25) is 0 Å². The lowest BCUT2D eigenvalue weighted by Gasteiger charge is -2.01. The van der Waals surface area contributed by atoms with E-state index in [1.807, 2.05) is 11.4 Å². The van der Waals surface area contributed by atoms with Crippen molar-refractivity contribution in [1.82, 2.24) is 0 Å². The molecule has 0 aliphatic carbocycles. The average Bonchev–Trinajstić information content (AvgIpc) is 2.33. The van der Waals surface area contributed by atoms with E-state index in [9.17, 15) is 0 Å². The maximum Gasteiger partial charge on any atom is 0.0525 e. The van der Waals surface area contributed by atoms with Gasteiger partial charge in [-0.3, -0.25) is 0 Å². The molecule has 0 fully saturated rings. The van der Waals surface area contributed by atoms with Crippen LogP contribution in [0.5, 0.6) is 0 Å². The summed E-state index contributed by atoms with van der Waals surface area (Å²) in [5, 5.41) is 2.03. The molecular formula is C10H15NS. The van der Waals surface area contributed by atoms with Crippen molar-refractivity contribution in [2.45, 2.75) is 20.8 Å². The lowest BCUT2D eigenvalue weighted by Crippen LogP contribution is -1.87. The van der Waals surface area contributed by atoms with Crippen molar-refractivity contribution in [3.8, 4) is 0 Å². The molecule has 0 bridgehead atoms. The van der Waals surface area contributed by atoms with E-state index in [-0.39, 0.29) is 0 Å². The number of allylic oxidation sites excluding steroid dienone is 2. The van der Waals surface area contributed by atoms with Gasteiger partial charge in [-0.15, -0.1) is 11.3 Å². The molecule has 2 heteroatoms. The number of hydrogen-bond acceptors (Lipinski definition) is 2. The van der Waals surface area contributed by atoms with Crippen LogP contribution < -0.4 is 5.73 Å². The van der Waals surface area contributed by atoms with Crippen LogP contribution in [0.1, 0.15) is 25.6 Å². The number of rotatable bonds is 2. The van der Waals surface area contributed by atoms with Crippen molar-refractivity contribution in [2.75, 3.05) is 5.73 Å². The van der Waals surface area contributed by atoms with Crippen molar-refractivity contribution in [3.05, 3.63) is 22.4 Å². The van der Waals surface area contributed by atoms with E-state index in [0.29, 0.717) is 5.92 Å². The van der Waals surface area contributed by atoms with E-state index in [4.69, 9.17) is 5.73 Å². The third-order valence-electron chi connectivity index (χ3n) is 1.64. The van der Waals surface area contributed by atoms with Crippen molar-refractivity contribution in [3.63, 3.8) is 0 Å². The summed E-state index contributed by atoms with van der Waals surface area (Å²) in [6.07, 6.45) is 2.24. The molecule has 2 N–H and O–H groups in total. The van der Waals surface area contributed by atoms with Crippen molar-refractivity contribution >= 4 is 22.6 Å². The minimum atomic E-state index is 0.589. The van der Waals surface area contributed by atoms with Gasteiger partial charge in [-0.1, -0.05) is 19.9 Å². The summed E-state index contributed by atoms with van der Waals surface area (Å²) < 4.78 is 0. The Morgan fingerprint density at radius 1 is 1.58 bits per heavy atom. The third kappa shape index (κ3) is 2.11. The quantitative estimate of drug-likeness (QED) is 0.743. The summed E-state index contributed by atoms with van der Waals surface area (Å²) in [6.45, 7) is 6.46. The first-order chi connectivity index (χ1) is 5.61. The smallest absolute Gasteiger partial charge is 0.0525 e. The second kappa shape index (κ2) is 3.76. The summed E-state index contributed by atoms with van der Waals surface area (Å²) in [7, 11) is 0. The van der Waals surface area contributed by atoms with Crippen LogP contribution in [0.25, 0.3) is 5.57 Å². The molecule has 66 valence electrons. The molecule has 0 saturated carbocycles. The molecule has 0 amide bonds. The summed E-state index contributed by atoms with van der Waals surface area (Å²) in [4.78, 5) is 1.21. The van der Waals surface area contributed by atoms with Gasteiger partial charge in [-0.2, -0.15) is 0 Å². The Balaban J connectivity index is 2.92. The number of nitrogen functional groups attached to an aromatic ring is 1. The normalized spacial score (nSPS) is 12.5. The molecule has 0 radical (unpaired) electrons. The zero-order chi connectivity index (χ0) is 9.14. The number of hydrogen-bond donors (Lipinski definition) is 1. The van der Waals surface area contributed by atoms with Crippen molar-refractivity contribution in [1.29, 1.82) is 0 Å². The fraction of sp³-hybridized carbons (Fsp3) is 0.400. The maximum absolute atomic E-state index is 5.79. The fourth-order valence-electron chi connectivity index (χ4n) is 1.22. The molecule has 12 heavy (non-hydrogen) atoms. The summed E-state index contributed by atoms with van der Waals surface area (Å²) >= 11 is 1.71. The Bertz CT molecular complexity index is 284. The molecule has 1 heterocycles. The van der Waals surface area contributed by atoms with Crippen LogP contribution in [0.3, 0.4) is 0 Å². The zero-order valence-electron chi connectivity index (χ0n) is 7.79. The first-order valence-corrected chi connectivity index (χ1v) is 5.01. The Labute approximate surface area is 77.9 Å². The van der Waals surface area contributed by atoms with Gasteiger partial charge in [0.15, 0.2) is 0 Å². The predicted octanol–water partition coefficient (Wildman–Crippen LogP) is 3.39. The van der Waals surface area contributed by atoms with E-state index in [2.05, 4.69) is 26.8 Å². The molecule has 0 atom stereocenters. The third-order valence-corrected chi connectivity index (χ3v) is 2.70. The molecule has 1 aromatic rings. The maximum atomic E-state index is 5.79. The first-order valence-electron chi connectivity index (χ1n) is 4.13. The SMILES string of the molecule is CC(=CC(C)C)c1sccc1N. The first kappa shape index (κ1) is 9.33. The second-order valence-corrected chi connectivity index (χ2v) is 4.21. The Hall–Kier alpha value is -0.760. The van der Waals surface area contributed by atoms with Gasteiger partial charge >= 0.3 is 0 Å². The van der Waals surface area contributed by atoms with E-state index in [1.165, 1.54) is 10.5 Å². The van der Waals surface area contributed by atoms with Gasteiger partial charge < -0.3 is 5.73 Å². The molecule has 0 aromatic carbocycles. The summed E-state index contributed by atoms with van der Waals surface area (Å²) in [6, 6.07) is 1.96. The van der Waals surface area contributed by atoms with E-state index >= 15 is 0 Å².